The van der Waals surface area contributed by atoms with Gasteiger partial charge >= 0.3 is 0 Å². The minimum Gasteiger partial charge on any atom is -0.490 e. The van der Waals surface area contributed by atoms with E-state index in [0.29, 0.717) is 12.0 Å². The highest BCUT2D eigenvalue weighted by Gasteiger charge is 2.27. The van der Waals surface area contributed by atoms with Gasteiger partial charge in [-0.25, -0.2) is 0 Å². The van der Waals surface area contributed by atoms with Crippen LogP contribution in [-0.4, -0.2) is 64.2 Å². The normalized spacial score (nSPS) is 20.5. The molecule has 0 saturated carbocycles. The van der Waals surface area contributed by atoms with E-state index < -0.39 is 0 Å². The lowest BCUT2D eigenvalue weighted by molar-refractivity contribution is 0.0574. The molecule has 31 heavy (non-hydrogen) atoms. The molecule has 3 heterocycles. The van der Waals surface area contributed by atoms with Crippen molar-refractivity contribution in [3.05, 3.63) is 59.9 Å². The van der Waals surface area contributed by atoms with Gasteiger partial charge in [-0.15, -0.1) is 0 Å². The van der Waals surface area contributed by atoms with Crippen LogP contribution in [0.15, 0.2) is 48.7 Å². The van der Waals surface area contributed by atoms with Gasteiger partial charge in [0.1, 0.15) is 11.9 Å². The quantitative estimate of drug-likeness (QED) is 0.738. The van der Waals surface area contributed by atoms with Crippen LogP contribution < -0.4 is 4.74 Å². The third-order valence-electron chi connectivity index (χ3n) is 6.40. The van der Waals surface area contributed by atoms with Gasteiger partial charge in [0.05, 0.1) is 5.69 Å². The van der Waals surface area contributed by atoms with Crippen molar-refractivity contribution in [3.63, 3.8) is 0 Å². The first-order valence-corrected chi connectivity index (χ1v) is 11.5. The second-order valence-electron chi connectivity index (χ2n) is 8.60. The van der Waals surface area contributed by atoms with E-state index in [1.165, 1.54) is 0 Å². The summed E-state index contributed by atoms with van der Waals surface area (Å²) in [6.07, 6.45) is 7.83. The van der Waals surface area contributed by atoms with E-state index in [1.807, 2.05) is 47.5 Å². The number of pyridine rings is 1. The number of benzene rings is 1. The van der Waals surface area contributed by atoms with Crippen molar-refractivity contribution in [2.75, 3.05) is 26.2 Å². The molecule has 1 atom stereocenters. The van der Waals surface area contributed by atoms with E-state index in [4.69, 9.17) is 4.74 Å². The van der Waals surface area contributed by atoms with Crippen LogP contribution in [0.5, 0.6) is 5.75 Å². The summed E-state index contributed by atoms with van der Waals surface area (Å²) in [7, 11) is 0. The van der Waals surface area contributed by atoms with Crippen molar-refractivity contribution in [3.8, 4) is 5.75 Å². The van der Waals surface area contributed by atoms with Crippen LogP contribution in [0.2, 0.25) is 0 Å². The Hall–Kier alpha value is -2.44. The maximum Gasteiger partial charge on any atom is 0.254 e. The number of rotatable bonds is 7. The Bertz CT molecular complexity index is 818. The van der Waals surface area contributed by atoms with Crippen molar-refractivity contribution >= 4 is 5.91 Å². The number of aliphatic hydroxyl groups is 1. The number of ether oxygens (including phenoxy) is 1. The minimum absolute atomic E-state index is 0.0625. The fourth-order valence-electron chi connectivity index (χ4n) is 4.66. The number of likely N-dealkylation sites (tertiary alicyclic amines) is 2. The molecular weight excluding hydrogens is 390 g/mol. The average Bonchev–Trinajstić information content (AvgIpc) is 2.82. The molecule has 6 nitrogen and oxygen atoms in total. The van der Waals surface area contributed by atoms with Gasteiger partial charge in [0.25, 0.3) is 5.91 Å². The van der Waals surface area contributed by atoms with Gasteiger partial charge in [-0.05, 0) is 74.9 Å². The standard InChI is InChI=1S/C25H33N3O3/c29-18-13-22-6-2-4-15-28(22)25(30)20-7-9-23(10-8-20)31-24-11-16-27(17-12-24)19-21-5-1-3-14-26-21/h1,3,5,7-10,14,22,24,29H,2,4,6,11-13,15-19H2. The monoisotopic (exact) mass is 423 g/mol. The third-order valence-corrected chi connectivity index (χ3v) is 6.40. The van der Waals surface area contributed by atoms with Crippen LogP contribution in [0.3, 0.4) is 0 Å². The largest absolute Gasteiger partial charge is 0.490 e. The van der Waals surface area contributed by atoms with Gasteiger partial charge in [-0.2, -0.15) is 0 Å². The topological polar surface area (TPSA) is 65.9 Å². The predicted octanol–water partition coefficient (Wildman–Crippen LogP) is 3.50. The summed E-state index contributed by atoms with van der Waals surface area (Å²) in [5.41, 5.74) is 1.81. The molecule has 2 aliphatic heterocycles. The molecule has 1 aromatic carbocycles. The smallest absolute Gasteiger partial charge is 0.254 e. The van der Waals surface area contributed by atoms with Crippen LogP contribution >= 0.6 is 0 Å². The van der Waals surface area contributed by atoms with Gasteiger partial charge < -0.3 is 14.7 Å². The third kappa shape index (κ3) is 5.83. The van der Waals surface area contributed by atoms with Gasteiger partial charge in [0.15, 0.2) is 0 Å². The molecule has 1 unspecified atom stereocenters. The summed E-state index contributed by atoms with van der Waals surface area (Å²) in [5, 5.41) is 9.31. The molecule has 166 valence electrons. The molecule has 2 saturated heterocycles. The maximum absolute atomic E-state index is 13.0. The van der Waals surface area contributed by atoms with E-state index >= 15 is 0 Å². The molecule has 1 amide bonds. The van der Waals surface area contributed by atoms with E-state index in [0.717, 1.165) is 69.7 Å². The number of nitrogens with zero attached hydrogens (tertiary/aromatic N) is 3. The number of aliphatic hydroxyl groups excluding tert-OH is 1. The summed E-state index contributed by atoms with van der Waals surface area (Å²) < 4.78 is 6.19. The Morgan fingerprint density at radius 2 is 1.84 bits per heavy atom. The number of piperidine rings is 2. The molecule has 2 aliphatic rings. The molecule has 1 aromatic heterocycles. The Kier molecular flexibility index (Phi) is 7.54. The first kappa shape index (κ1) is 21.8. The highest BCUT2D eigenvalue weighted by Crippen LogP contribution is 2.24. The Balaban J connectivity index is 1.27. The maximum atomic E-state index is 13.0. The fourth-order valence-corrected chi connectivity index (χ4v) is 4.66. The van der Waals surface area contributed by atoms with E-state index in [1.54, 1.807) is 0 Å². The Morgan fingerprint density at radius 3 is 2.55 bits per heavy atom. The molecule has 0 aliphatic carbocycles. The summed E-state index contributed by atoms with van der Waals surface area (Å²) in [6, 6.07) is 13.8. The van der Waals surface area contributed by atoms with Crippen LogP contribution in [-0.2, 0) is 6.54 Å². The molecule has 1 N–H and O–H groups in total. The lowest BCUT2D eigenvalue weighted by Gasteiger charge is -2.35. The number of carbonyl (C=O) groups excluding carboxylic acids is 1. The van der Waals surface area contributed by atoms with Crippen molar-refractivity contribution in [1.29, 1.82) is 0 Å². The molecule has 0 bridgehead atoms. The lowest BCUT2D eigenvalue weighted by Crippen LogP contribution is -2.44. The first-order chi connectivity index (χ1) is 15.2. The summed E-state index contributed by atoms with van der Waals surface area (Å²) >= 11 is 0. The number of aromatic nitrogens is 1. The van der Waals surface area contributed by atoms with Crippen molar-refractivity contribution in [2.24, 2.45) is 0 Å². The molecule has 2 aromatic rings. The van der Waals surface area contributed by atoms with E-state index in [-0.39, 0.29) is 24.7 Å². The van der Waals surface area contributed by atoms with E-state index in [2.05, 4.69) is 16.0 Å². The van der Waals surface area contributed by atoms with Gasteiger partial charge in [0, 0.05) is 50.6 Å². The second-order valence-corrected chi connectivity index (χ2v) is 8.60. The number of hydrogen-bond acceptors (Lipinski definition) is 5. The van der Waals surface area contributed by atoms with Crippen molar-refractivity contribution in [2.45, 2.75) is 57.2 Å². The fraction of sp³-hybridized carbons (Fsp3) is 0.520. The number of amides is 1. The summed E-state index contributed by atoms with van der Waals surface area (Å²) in [5.74, 6) is 0.887. The zero-order chi connectivity index (χ0) is 21.5. The SMILES string of the molecule is O=C(c1ccc(OC2CCN(Cc3ccccn3)CC2)cc1)N1CCCCC1CCO. The Labute approximate surface area is 184 Å². The second kappa shape index (κ2) is 10.7. The highest BCUT2D eigenvalue weighted by molar-refractivity contribution is 5.94. The summed E-state index contributed by atoms with van der Waals surface area (Å²) in [6.45, 7) is 3.79. The summed E-state index contributed by atoms with van der Waals surface area (Å²) in [4.78, 5) is 21.7. The predicted molar refractivity (Wildman–Crippen MR) is 120 cm³/mol. The van der Waals surface area contributed by atoms with Crippen molar-refractivity contribution < 1.29 is 14.6 Å². The van der Waals surface area contributed by atoms with Gasteiger partial charge in [-0.3, -0.25) is 14.7 Å². The molecule has 2 fully saturated rings. The average molecular weight is 424 g/mol. The first-order valence-electron chi connectivity index (χ1n) is 11.5. The van der Waals surface area contributed by atoms with E-state index in [9.17, 15) is 9.90 Å². The van der Waals surface area contributed by atoms with Crippen molar-refractivity contribution in [1.82, 2.24) is 14.8 Å². The van der Waals surface area contributed by atoms with Gasteiger partial charge in [-0.1, -0.05) is 6.07 Å². The lowest BCUT2D eigenvalue weighted by atomic mass is 9.98. The molecule has 6 heteroatoms. The van der Waals surface area contributed by atoms with Crippen LogP contribution in [0.25, 0.3) is 0 Å². The van der Waals surface area contributed by atoms with Crippen LogP contribution in [0.1, 0.15) is 54.6 Å². The zero-order valence-corrected chi connectivity index (χ0v) is 18.2. The number of carbonyl (C=O) groups is 1. The zero-order valence-electron chi connectivity index (χ0n) is 18.2. The molecular formula is C25H33N3O3. The molecule has 4 rings (SSSR count). The Morgan fingerprint density at radius 1 is 1.03 bits per heavy atom. The van der Waals surface area contributed by atoms with Crippen LogP contribution in [0.4, 0.5) is 0 Å². The minimum atomic E-state index is 0.0625. The molecule has 0 radical (unpaired) electrons. The highest BCUT2D eigenvalue weighted by atomic mass is 16.5. The number of hydrogen-bond donors (Lipinski definition) is 1. The van der Waals surface area contributed by atoms with Crippen LogP contribution in [0, 0.1) is 0 Å². The van der Waals surface area contributed by atoms with Gasteiger partial charge in [0.2, 0.25) is 0 Å². The molecule has 0 spiro atoms.